The molecule has 1 saturated heterocycles. The van der Waals surface area contributed by atoms with Gasteiger partial charge in [-0.05, 0) is 47.5 Å². The minimum absolute atomic E-state index is 0.119. The predicted octanol–water partition coefficient (Wildman–Crippen LogP) is 3.05. The number of methoxy groups -OCH3 is 1. The number of fused-ring (bicyclic) bond motifs is 2. The van der Waals surface area contributed by atoms with E-state index < -0.39 is 6.04 Å². The molecule has 1 fully saturated rings. The molecule has 1 atom stereocenters. The van der Waals surface area contributed by atoms with Gasteiger partial charge < -0.3 is 24.6 Å². The Morgan fingerprint density at radius 1 is 0.943 bits per heavy atom. The van der Waals surface area contributed by atoms with Crippen LogP contribution in [-0.2, 0) is 9.59 Å². The van der Waals surface area contributed by atoms with E-state index in [4.69, 9.17) is 9.47 Å². The van der Waals surface area contributed by atoms with Crippen molar-refractivity contribution in [3.63, 3.8) is 0 Å². The average Bonchev–Trinajstić information content (AvgIpc) is 3.01. The molecule has 2 aliphatic rings. The Kier molecular flexibility index (Phi) is 6.10. The Morgan fingerprint density at radius 2 is 1.69 bits per heavy atom. The van der Waals surface area contributed by atoms with E-state index in [1.807, 2.05) is 48.5 Å². The molecular weight excluding hydrogens is 446 g/mol. The number of hydrogen-bond donors (Lipinski definition) is 1. The van der Waals surface area contributed by atoms with Crippen LogP contribution >= 0.6 is 0 Å². The van der Waals surface area contributed by atoms with E-state index in [0.717, 1.165) is 16.9 Å². The first-order valence-electron chi connectivity index (χ1n) is 11.4. The number of nitrogens with one attached hydrogen (secondary N) is 1. The highest BCUT2D eigenvalue weighted by atomic mass is 16.5. The van der Waals surface area contributed by atoms with Gasteiger partial charge in [0.1, 0.15) is 17.5 Å². The first-order chi connectivity index (χ1) is 17.0. The number of carbonyl (C=O) groups is 3. The van der Waals surface area contributed by atoms with Crippen LogP contribution in [0.5, 0.6) is 11.5 Å². The molecule has 35 heavy (non-hydrogen) atoms. The van der Waals surface area contributed by atoms with E-state index in [1.54, 1.807) is 41.2 Å². The van der Waals surface area contributed by atoms with Gasteiger partial charge in [0, 0.05) is 13.1 Å². The van der Waals surface area contributed by atoms with E-state index >= 15 is 0 Å². The molecule has 0 radical (unpaired) electrons. The molecule has 1 unspecified atom stereocenters. The van der Waals surface area contributed by atoms with Gasteiger partial charge in [-0.3, -0.25) is 14.4 Å². The summed E-state index contributed by atoms with van der Waals surface area (Å²) in [5.74, 6) is 0.584. The van der Waals surface area contributed by atoms with Gasteiger partial charge in [0.05, 0.1) is 24.9 Å². The van der Waals surface area contributed by atoms with Crippen LogP contribution in [0.3, 0.4) is 0 Å². The Morgan fingerprint density at radius 3 is 2.43 bits per heavy atom. The van der Waals surface area contributed by atoms with Crippen LogP contribution in [0.25, 0.3) is 11.1 Å². The second kappa shape index (κ2) is 9.50. The number of hydrogen-bond acceptors (Lipinski definition) is 5. The molecule has 2 aliphatic heterocycles. The zero-order valence-electron chi connectivity index (χ0n) is 19.3. The van der Waals surface area contributed by atoms with E-state index in [1.165, 1.54) is 0 Å². The van der Waals surface area contributed by atoms with E-state index in [0.29, 0.717) is 23.5 Å². The summed E-state index contributed by atoms with van der Waals surface area (Å²) in [7, 11) is 1.61. The maximum Gasteiger partial charge on any atom is 0.260 e. The predicted molar refractivity (Wildman–Crippen MR) is 130 cm³/mol. The number of anilines is 1. The Balaban J connectivity index is 1.32. The molecule has 5 rings (SSSR count). The average molecular weight is 472 g/mol. The number of para-hydroxylation sites is 1. The fraction of sp³-hybridized carbons (Fsp3) is 0.222. The van der Waals surface area contributed by atoms with Crippen LogP contribution in [0.4, 0.5) is 5.69 Å². The molecule has 8 nitrogen and oxygen atoms in total. The zero-order valence-corrected chi connectivity index (χ0v) is 19.3. The summed E-state index contributed by atoms with van der Waals surface area (Å²) in [5, 5.41) is 2.88. The van der Waals surface area contributed by atoms with Crippen molar-refractivity contribution in [2.45, 2.75) is 6.04 Å². The summed E-state index contributed by atoms with van der Waals surface area (Å²) in [6.45, 7) is 0.589. The summed E-state index contributed by atoms with van der Waals surface area (Å²) in [5.41, 5.74) is 2.69. The first-order valence-corrected chi connectivity index (χ1v) is 11.4. The molecule has 8 heteroatoms. The van der Waals surface area contributed by atoms with Crippen molar-refractivity contribution in [2.24, 2.45) is 0 Å². The van der Waals surface area contributed by atoms with E-state index in [9.17, 15) is 14.4 Å². The Bertz CT molecular complexity index is 1260. The fourth-order valence-electron chi connectivity index (χ4n) is 4.39. The third-order valence-corrected chi connectivity index (χ3v) is 6.33. The number of benzene rings is 3. The molecule has 2 heterocycles. The first kappa shape index (κ1) is 22.5. The van der Waals surface area contributed by atoms with Crippen LogP contribution < -0.4 is 14.8 Å². The second-order valence-electron chi connectivity index (χ2n) is 8.43. The van der Waals surface area contributed by atoms with Crippen molar-refractivity contribution >= 4 is 23.4 Å². The lowest BCUT2D eigenvalue weighted by Gasteiger charge is -2.39. The summed E-state index contributed by atoms with van der Waals surface area (Å²) >= 11 is 0. The van der Waals surface area contributed by atoms with E-state index in [-0.39, 0.29) is 37.4 Å². The summed E-state index contributed by atoms with van der Waals surface area (Å²) in [4.78, 5) is 42.4. The standard InChI is InChI=1S/C27H25N3O5/c1-34-20-10-7-18(8-11-20)19-9-12-23-22(15-19)27(33)30-14-13-29(16-24(30)26(32)28-23)25(31)17-35-21-5-3-2-4-6-21/h2-12,15,24H,13-14,16-17H2,1H3,(H,28,32). The van der Waals surface area contributed by atoms with Gasteiger partial charge in [0.2, 0.25) is 5.91 Å². The number of amides is 3. The van der Waals surface area contributed by atoms with Crippen molar-refractivity contribution in [3.05, 3.63) is 78.4 Å². The van der Waals surface area contributed by atoms with Crippen LogP contribution in [0, 0.1) is 0 Å². The molecule has 0 aliphatic carbocycles. The molecule has 0 aromatic heterocycles. The lowest BCUT2D eigenvalue weighted by Crippen LogP contribution is -2.60. The summed E-state index contributed by atoms with van der Waals surface area (Å²) < 4.78 is 10.8. The SMILES string of the molecule is COc1ccc(-c2ccc3c(c2)C(=O)N2CCN(C(=O)COc4ccccc4)CC2C(=O)N3)cc1. The van der Waals surface area contributed by atoms with Crippen LogP contribution in [-0.4, -0.2) is 66.9 Å². The molecule has 0 spiro atoms. The van der Waals surface area contributed by atoms with Gasteiger partial charge in [-0.25, -0.2) is 0 Å². The minimum atomic E-state index is -0.770. The van der Waals surface area contributed by atoms with Crippen molar-refractivity contribution in [2.75, 3.05) is 38.7 Å². The van der Waals surface area contributed by atoms with Gasteiger partial charge in [-0.2, -0.15) is 0 Å². The normalized spacial score (nSPS) is 17.1. The van der Waals surface area contributed by atoms with E-state index in [2.05, 4.69) is 5.32 Å². The lowest BCUT2D eigenvalue weighted by molar-refractivity contribution is -0.137. The van der Waals surface area contributed by atoms with Crippen LogP contribution in [0.15, 0.2) is 72.8 Å². The number of piperazine rings is 1. The molecule has 3 aromatic carbocycles. The highest BCUT2D eigenvalue weighted by Crippen LogP contribution is 2.31. The van der Waals surface area contributed by atoms with Crippen LogP contribution in [0.2, 0.25) is 0 Å². The zero-order chi connectivity index (χ0) is 24.4. The van der Waals surface area contributed by atoms with Crippen LogP contribution in [0.1, 0.15) is 10.4 Å². The quantitative estimate of drug-likeness (QED) is 0.618. The number of nitrogens with zero attached hydrogens (tertiary/aromatic N) is 2. The summed E-state index contributed by atoms with van der Waals surface area (Å²) in [6.07, 6.45) is 0. The van der Waals surface area contributed by atoms with Gasteiger partial charge in [0.25, 0.3) is 11.8 Å². The molecule has 1 N–H and O–H groups in total. The monoisotopic (exact) mass is 471 g/mol. The van der Waals surface area contributed by atoms with Gasteiger partial charge >= 0.3 is 0 Å². The van der Waals surface area contributed by atoms with Crippen molar-refractivity contribution in [1.29, 1.82) is 0 Å². The third-order valence-electron chi connectivity index (χ3n) is 6.33. The lowest BCUT2D eigenvalue weighted by atomic mass is 10.0. The second-order valence-corrected chi connectivity index (χ2v) is 8.43. The molecule has 0 saturated carbocycles. The smallest absolute Gasteiger partial charge is 0.260 e. The molecule has 0 bridgehead atoms. The van der Waals surface area contributed by atoms with Gasteiger partial charge in [-0.15, -0.1) is 0 Å². The molecule has 3 amide bonds. The van der Waals surface area contributed by atoms with Crippen molar-refractivity contribution < 1.29 is 23.9 Å². The highest BCUT2D eigenvalue weighted by molar-refractivity contribution is 6.10. The Labute approximate surface area is 203 Å². The molecule has 3 aromatic rings. The molecular formula is C27H25N3O5. The fourth-order valence-corrected chi connectivity index (χ4v) is 4.39. The minimum Gasteiger partial charge on any atom is -0.497 e. The largest absolute Gasteiger partial charge is 0.497 e. The third kappa shape index (κ3) is 4.55. The number of carbonyl (C=O) groups excluding carboxylic acids is 3. The maximum absolute atomic E-state index is 13.5. The topological polar surface area (TPSA) is 88.2 Å². The van der Waals surface area contributed by atoms with Crippen molar-refractivity contribution in [3.8, 4) is 22.6 Å². The Hall–Kier alpha value is -4.33. The maximum atomic E-state index is 13.5. The van der Waals surface area contributed by atoms with Gasteiger partial charge in [-0.1, -0.05) is 36.4 Å². The molecule has 178 valence electrons. The highest BCUT2D eigenvalue weighted by Gasteiger charge is 2.40. The summed E-state index contributed by atoms with van der Waals surface area (Å²) in [6, 6.07) is 21.3. The van der Waals surface area contributed by atoms with Crippen molar-refractivity contribution in [1.82, 2.24) is 9.80 Å². The van der Waals surface area contributed by atoms with Gasteiger partial charge in [0.15, 0.2) is 6.61 Å². The number of ether oxygens (including phenoxy) is 2. The number of rotatable bonds is 5.